The smallest absolute Gasteiger partial charge is 0.175 e. The van der Waals surface area contributed by atoms with E-state index in [1.807, 2.05) is 6.07 Å². The van der Waals surface area contributed by atoms with Crippen molar-refractivity contribution in [2.45, 2.75) is 25.8 Å². The third-order valence-corrected chi connectivity index (χ3v) is 4.38. The zero-order valence-corrected chi connectivity index (χ0v) is 14.4. The van der Waals surface area contributed by atoms with Gasteiger partial charge in [0.25, 0.3) is 0 Å². The quantitative estimate of drug-likeness (QED) is 0.687. The molecule has 0 aliphatic heterocycles. The molecular formula is C16H24BrNO3. The molecule has 0 aromatic heterocycles. The van der Waals surface area contributed by atoms with E-state index in [1.165, 1.54) is 19.3 Å². The molecule has 0 bridgehead atoms. The molecule has 5 heteroatoms. The average molecular weight is 358 g/mol. The fourth-order valence-corrected chi connectivity index (χ4v) is 2.89. The lowest BCUT2D eigenvalue weighted by Crippen LogP contribution is -2.20. The molecule has 0 spiro atoms. The number of halogens is 1. The first-order valence-electron chi connectivity index (χ1n) is 7.43. The molecule has 2 rings (SSSR count). The van der Waals surface area contributed by atoms with Crippen LogP contribution in [0, 0.1) is 5.92 Å². The van der Waals surface area contributed by atoms with E-state index < -0.39 is 0 Å². The Hall–Kier alpha value is -0.780. The van der Waals surface area contributed by atoms with Gasteiger partial charge >= 0.3 is 0 Å². The van der Waals surface area contributed by atoms with Crippen LogP contribution in [-0.4, -0.2) is 34.0 Å². The summed E-state index contributed by atoms with van der Waals surface area (Å²) in [5, 5.41) is 3.33. The van der Waals surface area contributed by atoms with Gasteiger partial charge in [0, 0.05) is 20.2 Å². The van der Waals surface area contributed by atoms with Gasteiger partial charge in [0.2, 0.25) is 0 Å². The Labute approximate surface area is 135 Å². The van der Waals surface area contributed by atoms with Crippen LogP contribution in [-0.2, 0) is 11.3 Å². The van der Waals surface area contributed by atoms with Crippen LogP contribution in [0.2, 0.25) is 0 Å². The van der Waals surface area contributed by atoms with Gasteiger partial charge in [-0.1, -0.05) is 6.42 Å². The summed E-state index contributed by atoms with van der Waals surface area (Å²) in [6.07, 6.45) is 3.89. The second kappa shape index (κ2) is 8.61. The van der Waals surface area contributed by atoms with Gasteiger partial charge in [0.1, 0.15) is 0 Å². The number of methoxy groups -OCH3 is 2. The average Bonchev–Trinajstić information content (AvgIpc) is 2.43. The number of ether oxygens (including phenoxy) is 3. The summed E-state index contributed by atoms with van der Waals surface area (Å²) >= 11 is 3.59. The molecular weight excluding hydrogens is 334 g/mol. The second-order valence-electron chi connectivity index (χ2n) is 5.39. The first-order chi connectivity index (χ1) is 10.2. The maximum absolute atomic E-state index is 5.95. The fourth-order valence-electron chi connectivity index (χ4n) is 2.28. The topological polar surface area (TPSA) is 39.7 Å². The second-order valence-corrected chi connectivity index (χ2v) is 6.24. The van der Waals surface area contributed by atoms with Gasteiger partial charge in [0.15, 0.2) is 11.5 Å². The maximum Gasteiger partial charge on any atom is 0.175 e. The summed E-state index contributed by atoms with van der Waals surface area (Å²) < 4.78 is 17.4. The van der Waals surface area contributed by atoms with Crippen LogP contribution in [0.1, 0.15) is 24.8 Å². The third-order valence-electron chi connectivity index (χ3n) is 3.79. The van der Waals surface area contributed by atoms with E-state index >= 15 is 0 Å². The third kappa shape index (κ3) is 4.87. The summed E-state index contributed by atoms with van der Waals surface area (Å²) in [4.78, 5) is 0. The van der Waals surface area contributed by atoms with Gasteiger partial charge in [0.05, 0.1) is 24.8 Å². The minimum Gasteiger partial charge on any atom is -0.493 e. The van der Waals surface area contributed by atoms with Crippen molar-refractivity contribution in [3.8, 4) is 11.5 Å². The SMILES string of the molecule is COCCNCc1cc(Br)c(OCC2CCC2)c(OC)c1. The van der Waals surface area contributed by atoms with Crippen LogP contribution < -0.4 is 14.8 Å². The van der Waals surface area contributed by atoms with E-state index in [-0.39, 0.29) is 0 Å². The van der Waals surface area contributed by atoms with Gasteiger partial charge in [-0.05, 0) is 52.4 Å². The summed E-state index contributed by atoms with van der Waals surface area (Å²) in [6, 6.07) is 4.11. The Kier molecular flexibility index (Phi) is 6.80. The highest BCUT2D eigenvalue weighted by atomic mass is 79.9. The van der Waals surface area contributed by atoms with Crippen LogP contribution in [0.15, 0.2) is 16.6 Å². The minimum absolute atomic E-state index is 0.706. The monoisotopic (exact) mass is 357 g/mol. The van der Waals surface area contributed by atoms with E-state index in [0.717, 1.165) is 41.2 Å². The molecule has 1 aromatic rings. The van der Waals surface area contributed by atoms with Gasteiger partial charge in [-0.3, -0.25) is 0 Å². The minimum atomic E-state index is 0.706. The highest BCUT2D eigenvalue weighted by Gasteiger charge is 2.20. The van der Waals surface area contributed by atoms with Crippen LogP contribution in [0.5, 0.6) is 11.5 Å². The van der Waals surface area contributed by atoms with Gasteiger partial charge < -0.3 is 19.5 Å². The van der Waals surface area contributed by atoms with Crippen molar-refractivity contribution in [2.24, 2.45) is 5.92 Å². The predicted molar refractivity (Wildman–Crippen MR) is 87.1 cm³/mol. The van der Waals surface area contributed by atoms with Crippen molar-refractivity contribution < 1.29 is 14.2 Å². The van der Waals surface area contributed by atoms with Gasteiger partial charge in [-0.15, -0.1) is 0 Å². The number of hydrogen-bond donors (Lipinski definition) is 1. The Morgan fingerprint density at radius 2 is 2.10 bits per heavy atom. The Morgan fingerprint density at radius 1 is 1.29 bits per heavy atom. The normalized spacial score (nSPS) is 14.8. The molecule has 0 unspecified atom stereocenters. The molecule has 0 radical (unpaired) electrons. The maximum atomic E-state index is 5.95. The Morgan fingerprint density at radius 3 is 2.71 bits per heavy atom. The lowest BCUT2D eigenvalue weighted by molar-refractivity contribution is 0.175. The molecule has 0 heterocycles. The summed E-state index contributed by atoms with van der Waals surface area (Å²) in [5.41, 5.74) is 1.16. The van der Waals surface area contributed by atoms with E-state index in [1.54, 1.807) is 14.2 Å². The molecule has 1 fully saturated rings. The van der Waals surface area contributed by atoms with E-state index in [9.17, 15) is 0 Å². The molecule has 0 atom stereocenters. The molecule has 1 aliphatic rings. The summed E-state index contributed by atoms with van der Waals surface area (Å²) in [6.45, 7) is 3.10. The zero-order chi connectivity index (χ0) is 15.1. The fraction of sp³-hybridized carbons (Fsp3) is 0.625. The van der Waals surface area contributed by atoms with E-state index in [0.29, 0.717) is 12.5 Å². The summed E-state index contributed by atoms with van der Waals surface area (Å²) in [7, 11) is 3.38. The molecule has 1 aromatic carbocycles. The van der Waals surface area contributed by atoms with Crippen LogP contribution >= 0.6 is 15.9 Å². The zero-order valence-electron chi connectivity index (χ0n) is 12.8. The van der Waals surface area contributed by atoms with Crippen molar-refractivity contribution in [2.75, 3.05) is 34.0 Å². The predicted octanol–water partition coefficient (Wildman–Crippen LogP) is 3.37. The highest BCUT2D eigenvalue weighted by molar-refractivity contribution is 9.10. The van der Waals surface area contributed by atoms with Crippen molar-refractivity contribution in [1.82, 2.24) is 5.32 Å². The summed E-state index contributed by atoms with van der Waals surface area (Å²) in [5.74, 6) is 2.30. The van der Waals surface area contributed by atoms with Crippen LogP contribution in [0.25, 0.3) is 0 Å². The lowest BCUT2D eigenvalue weighted by Gasteiger charge is -2.26. The van der Waals surface area contributed by atoms with Crippen LogP contribution in [0.4, 0.5) is 0 Å². The first kappa shape index (κ1) is 16.6. The Bertz CT molecular complexity index is 449. The number of nitrogens with one attached hydrogen (secondary N) is 1. The molecule has 1 N–H and O–H groups in total. The van der Waals surface area contributed by atoms with Crippen LogP contribution in [0.3, 0.4) is 0 Å². The van der Waals surface area contributed by atoms with E-state index in [4.69, 9.17) is 14.2 Å². The van der Waals surface area contributed by atoms with Gasteiger partial charge in [-0.25, -0.2) is 0 Å². The largest absolute Gasteiger partial charge is 0.493 e. The highest BCUT2D eigenvalue weighted by Crippen LogP contribution is 2.38. The molecule has 4 nitrogen and oxygen atoms in total. The molecule has 1 aliphatic carbocycles. The Balaban J connectivity index is 1.96. The lowest BCUT2D eigenvalue weighted by atomic mass is 9.86. The molecule has 0 amide bonds. The van der Waals surface area contributed by atoms with Gasteiger partial charge in [-0.2, -0.15) is 0 Å². The molecule has 0 saturated heterocycles. The molecule has 1 saturated carbocycles. The van der Waals surface area contributed by atoms with Crippen molar-refractivity contribution in [3.63, 3.8) is 0 Å². The van der Waals surface area contributed by atoms with Crippen molar-refractivity contribution in [1.29, 1.82) is 0 Å². The number of rotatable bonds is 9. The number of benzene rings is 1. The molecule has 21 heavy (non-hydrogen) atoms. The first-order valence-corrected chi connectivity index (χ1v) is 8.22. The van der Waals surface area contributed by atoms with Crippen molar-refractivity contribution >= 4 is 15.9 Å². The standard InChI is InChI=1S/C16H24BrNO3/c1-19-7-6-18-10-13-8-14(17)16(15(9-13)20-2)21-11-12-4-3-5-12/h8-9,12,18H,3-7,10-11H2,1-2H3. The number of hydrogen-bond acceptors (Lipinski definition) is 4. The molecule has 118 valence electrons. The van der Waals surface area contributed by atoms with E-state index in [2.05, 4.69) is 27.3 Å². The van der Waals surface area contributed by atoms with Crippen molar-refractivity contribution in [3.05, 3.63) is 22.2 Å².